The standard InChI is InChI=1S/C11H15N3O4S/c1-14(7-10(12)13-16)11(15)8-4-3-5-9(6-8)19(2,17)18/h3-6,16H,7H2,1-2H3,(H2,12,13). The fourth-order valence-corrected chi connectivity index (χ4v) is 2.09. The van der Waals surface area contributed by atoms with Crippen molar-refractivity contribution in [1.82, 2.24) is 4.90 Å². The van der Waals surface area contributed by atoms with E-state index < -0.39 is 15.7 Å². The molecule has 1 aromatic rings. The Kier molecular flexibility index (Phi) is 4.49. The van der Waals surface area contributed by atoms with Crippen LogP contribution in [0.5, 0.6) is 0 Å². The number of hydrogen-bond acceptors (Lipinski definition) is 5. The Bertz CT molecular complexity index is 610. The van der Waals surface area contributed by atoms with Crippen molar-refractivity contribution in [2.45, 2.75) is 4.90 Å². The minimum atomic E-state index is -3.37. The van der Waals surface area contributed by atoms with Crippen LogP contribution >= 0.6 is 0 Å². The maximum Gasteiger partial charge on any atom is 0.254 e. The molecule has 1 rings (SSSR count). The van der Waals surface area contributed by atoms with E-state index in [0.717, 1.165) is 6.26 Å². The maximum atomic E-state index is 12.0. The molecule has 0 bridgehead atoms. The van der Waals surface area contributed by atoms with E-state index in [4.69, 9.17) is 10.9 Å². The van der Waals surface area contributed by atoms with Crippen LogP contribution in [0, 0.1) is 0 Å². The van der Waals surface area contributed by atoms with Gasteiger partial charge in [-0.15, -0.1) is 0 Å². The van der Waals surface area contributed by atoms with E-state index in [1.54, 1.807) is 0 Å². The van der Waals surface area contributed by atoms with Crippen molar-refractivity contribution in [2.24, 2.45) is 10.9 Å². The topological polar surface area (TPSA) is 113 Å². The number of likely N-dealkylation sites (N-methyl/N-ethyl adjacent to an activating group) is 1. The molecule has 0 atom stereocenters. The van der Waals surface area contributed by atoms with Crippen LogP contribution in [0.25, 0.3) is 0 Å². The average molecular weight is 285 g/mol. The van der Waals surface area contributed by atoms with Crippen LogP contribution in [0.1, 0.15) is 10.4 Å². The molecule has 3 N–H and O–H groups in total. The first-order valence-electron chi connectivity index (χ1n) is 5.27. The number of hydrogen-bond donors (Lipinski definition) is 2. The van der Waals surface area contributed by atoms with Gasteiger partial charge in [-0.3, -0.25) is 4.79 Å². The van der Waals surface area contributed by atoms with Crippen molar-refractivity contribution < 1.29 is 18.4 Å². The molecule has 0 spiro atoms. The van der Waals surface area contributed by atoms with Gasteiger partial charge >= 0.3 is 0 Å². The normalized spacial score (nSPS) is 12.2. The summed E-state index contributed by atoms with van der Waals surface area (Å²) in [6.45, 7) is -0.0571. The lowest BCUT2D eigenvalue weighted by Crippen LogP contribution is -2.35. The van der Waals surface area contributed by atoms with Crippen molar-refractivity contribution in [3.05, 3.63) is 29.8 Å². The second kappa shape index (κ2) is 5.70. The highest BCUT2D eigenvalue weighted by Gasteiger charge is 2.15. The van der Waals surface area contributed by atoms with Crippen LogP contribution < -0.4 is 5.73 Å². The van der Waals surface area contributed by atoms with E-state index in [2.05, 4.69) is 5.16 Å². The average Bonchev–Trinajstić information content (AvgIpc) is 2.36. The molecule has 104 valence electrons. The Balaban J connectivity index is 3.01. The molecule has 0 aliphatic rings. The van der Waals surface area contributed by atoms with Gasteiger partial charge < -0.3 is 15.8 Å². The molecule has 0 aliphatic carbocycles. The molecule has 0 fully saturated rings. The summed E-state index contributed by atoms with van der Waals surface area (Å²) in [4.78, 5) is 13.3. The predicted molar refractivity (Wildman–Crippen MR) is 69.9 cm³/mol. The van der Waals surface area contributed by atoms with Gasteiger partial charge in [0.2, 0.25) is 0 Å². The maximum absolute atomic E-state index is 12.0. The smallest absolute Gasteiger partial charge is 0.254 e. The molecular weight excluding hydrogens is 270 g/mol. The van der Waals surface area contributed by atoms with Gasteiger partial charge in [0.25, 0.3) is 5.91 Å². The number of rotatable bonds is 4. The Morgan fingerprint density at radius 1 is 1.47 bits per heavy atom. The van der Waals surface area contributed by atoms with E-state index >= 15 is 0 Å². The first kappa shape index (κ1) is 15.0. The first-order valence-corrected chi connectivity index (χ1v) is 7.17. The van der Waals surface area contributed by atoms with Crippen LogP contribution in [-0.4, -0.2) is 50.1 Å². The fraction of sp³-hybridized carbons (Fsp3) is 0.273. The highest BCUT2D eigenvalue weighted by Crippen LogP contribution is 2.12. The Labute approximate surface area is 111 Å². The molecule has 0 saturated carbocycles. The number of nitrogens with zero attached hydrogens (tertiary/aromatic N) is 2. The van der Waals surface area contributed by atoms with E-state index in [1.807, 2.05) is 0 Å². The number of nitrogens with two attached hydrogens (primary N) is 1. The minimum absolute atomic E-state index is 0.0571. The Hall–Kier alpha value is -2.09. The lowest BCUT2D eigenvalue weighted by molar-refractivity contribution is 0.0813. The summed E-state index contributed by atoms with van der Waals surface area (Å²) in [6.07, 6.45) is 1.07. The van der Waals surface area contributed by atoms with Crippen LogP contribution in [-0.2, 0) is 9.84 Å². The SMILES string of the molecule is CN(CC(N)=NO)C(=O)c1cccc(S(C)(=O)=O)c1. The third kappa shape index (κ3) is 3.95. The summed E-state index contributed by atoms with van der Waals surface area (Å²) in [7, 11) is -1.91. The molecule has 0 aliphatic heterocycles. The number of amides is 1. The van der Waals surface area contributed by atoms with Crippen LogP contribution in [0.4, 0.5) is 0 Å². The summed E-state index contributed by atoms with van der Waals surface area (Å²) in [5.41, 5.74) is 5.52. The third-order valence-corrected chi connectivity index (χ3v) is 3.49. The number of amidine groups is 1. The van der Waals surface area contributed by atoms with Crippen LogP contribution in [0.15, 0.2) is 34.3 Å². The predicted octanol–water partition coefficient (Wildman–Crippen LogP) is -0.0915. The van der Waals surface area contributed by atoms with Gasteiger partial charge in [0.1, 0.15) is 0 Å². The fourth-order valence-electron chi connectivity index (χ4n) is 1.43. The highest BCUT2D eigenvalue weighted by molar-refractivity contribution is 7.90. The second-order valence-corrected chi connectivity index (χ2v) is 6.07. The molecule has 0 heterocycles. The minimum Gasteiger partial charge on any atom is -0.409 e. The molecule has 0 unspecified atom stereocenters. The van der Waals surface area contributed by atoms with E-state index in [-0.39, 0.29) is 22.8 Å². The van der Waals surface area contributed by atoms with Crippen molar-refractivity contribution in [1.29, 1.82) is 0 Å². The molecule has 8 heteroatoms. The van der Waals surface area contributed by atoms with E-state index in [0.29, 0.717) is 0 Å². The van der Waals surface area contributed by atoms with Gasteiger partial charge in [-0.25, -0.2) is 8.42 Å². The van der Waals surface area contributed by atoms with Crippen molar-refractivity contribution in [3.63, 3.8) is 0 Å². The molecular formula is C11H15N3O4S. The third-order valence-electron chi connectivity index (χ3n) is 2.38. The molecule has 1 aromatic carbocycles. The largest absolute Gasteiger partial charge is 0.409 e. The summed E-state index contributed by atoms with van der Waals surface area (Å²) in [6, 6.07) is 5.69. The molecule has 0 radical (unpaired) electrons. The molecule has 0 saturated heterocycles. The summed E-state index contributed by atoms with van der Waals surface area (Å²) < 4.78 is 22.8. The van der Waals surface area contributed by atoms with Crippen molar-refractivity contribution in [2.75, 3.05) is 19.8 Å². The van der Waals surface area contributed by atoms with Crippen LogP contribution in [0.3, 0.4) is 0 Å². The number of benzene rings is 1. The quantitative estimate of drug-likeness (QED) is 0.347. The van der Waals surface area contributed by atoms with Gasteiger partial charge in [-0.1, -0.05) is 11.2 Å². The van der Waals surface area contributed by atoms with Crippen molar-refractivity contribution >= 4 is 21.6 Å². The number of carbonyl (C=O) groups excluding carboxylic acids is 1. The van der Waals surface area contributed by atoms with E-state index in [9.17, 15) is 13.2 Å². The summed E-state index contributed by atoms with van der Waals surface area (Å²) in [5.74, 6) is -0.535. The zero-order valence-electron chi connectivity index (χ0n) is 10.6. The van der Waals surface area contributed by atoms with E-state index in [1.165, 1.54) is 36.2 Å². The number of oxime groups is 1. The number of carbonyl (C=O) groups is 1. The Morgan fingerprint density at radius 3 is 2.63 bits per heavy atom. The zero-order chi connectivity index (χ0) is 14.6. The zero-order valence-corrected chi connectivity index (χ0v) is 11.4. The lowest BCUT2D eigenvalue weighted by atomic mass is 10.2. The van der Waals surface area contributed by atoms with Crippen molar-refractivity contribution in [3.8, 4) is 0 Å². The second-order valence-electron chi connectivity index (χ2n) is 4.05. The lowest BCUT2D eigenvalue weighted by Gasteiger charge is -2.16. The van der Waals surface area contributed by atoms with Gasteiger partial charge in [0, 0.05) is 18.9 Å². The Morgan fingerprint density at radius 2 is 2.11 bits per heavy atom. The number of sulfone groups is 1. The van der Waals surface area contributed by atoms with Gasteiger partial charge in [-0.2, -0.15) is 0 Å². The molecule has 19 heavy (non-hydrogen) atoms. The molecule has 7 nitrogen and oxygen atoms in total. The first-order chi connectivity index (χ1) is 8.75. The van der Waals surface area contributed by atoms with Crippen LogP contribution in [0.2, 0.25) is 0 Å². The molecule has 1 amide bonds. The summed E-state index contributed by atoms with van der Waals surface area (Å²) >= 11 is 0. The summed E-state index contributed by atoms with van der Waals surface area (Å²) in [5, 5.41) is 11.2. The van der Waals surface area contributed by atoms with Gasteiger partial charge in [0.15, 0.2) is 15.7 Å². The molecule has 0 aromatic heterocycles. The highest BCUT2D eigenvalue weighted by atomic mass is 32.2. The monoisotopic (exact) mass is 285 g/mol. The van der Waals surface area contributed by atoms with Gasteiger partial charge in [0.05, 0.1) is 11.4 Å². The van der Waals surface area contributed by atoms with Gasteiger partial charge in [-0.05, 0) is 18.2 Å².